The first-order chi connectivity index (χ1) is 11.3. The first kappa shape index (κ1) is 17.7. The van der Waals surface area contributed by atoms with Crippen LogP contribution >= 0.6 is 11.6 Å². The summed E-state index contributed by atoms with van der Waals surface area (Å²) in [6.45, 7) is 5.25. The minimum absolute atomic E-state index is 0.0196. The van der Waals surface area contributed by atoms with Gasteiger partial charge < -0.3 is 10.1 Å². The summed E-state index contributed by atoms with van der Waals surface area (Å²) < 4.78 is 5.48. The number of aryl methyl sites for hydroxylation is 3. The van der Waals surface area contributed by atoms with E-state index in [1.165, 1.54) is 18.2 Å². The number of hydrogen-bond donors (Lipinski definition) is 1. The smallest absolute Gasteiger partial charge is 0.269 e. The van der Waals surface area contributed by atoms with E-state index >= 15 is 0 Å². The molecule has 0 spiro atoms. The highest BCUT2D eigenvalue weighted by Crippen LogP contribution is 2.26. The number of carbonyl (C=O) groups excluding carboxylic acids is 1. The normalized spacial score (nSPS) is 10.3. The molecule has 2 aromatic rings. The fourth-order valence-electron chi connectivity index (χ4n) is 2.23. The second kappa shape index (κ2) is 7.31. The molecule has 0 saturated carbocycles. The molecule has 1 N–H and O–H groups in total. The highest BCUT2D eigenvalue weighted by Gasteiger charge is 2.11. The van der Waals surface area contributed by atoms with Crippen molar-refractivity contribution in [2.45, 2.75) is 20.8 Å². The third kappa shape index (κ3) is 4.23. The predicted octanol–water partition coefficient (Wildman–Crippen LogP) is 4.19. The Morgan fingerprint density at radius 2 is 1.79 bits per heavy atom. The van der Waals surface area contributed by atoms with Crippen LogP contribution < -0.4 is 10.1 Å². The largest absolute Gasteiger partial charge is 0.484 e. The first-order valence-corrected chi connectivity index (χ1v) is 7.60. The number of nitrogens with one attached hydrogen (secondary N) is 1. The van der Waals surface area contributed by atoms with E-state index in [4.69, 9.17) is 16.3 Å². The van der Waals surface area contributed by atoms with Crippen molar-refractivity contribution in [3.8, 4) is 5.75 Å². The average Bonchev–Trinajstić information content (AvgIpc) is 2.52. The molecule has 6 nitrogen and oxygen atoms in total. The molecule has 0 unspecified atom stereocenters. The van der Waals surface area contributed by atoms with Crippen LogP contribution in [-0.2, 0) is 4.79 Å². The lowest BCUT2D eigenvalue weighted by Crippen LogP contribution is -2.20. The predicted molar refractivity (Wildman–Crippen MR) is 92.9 cm³/mol. The molecule has 0 saturated heterocycles. The van der Waals surface area contributed by atoms with Gasteiger partial charge in [0.1, 0.15) is 5.75 Å². The quantitative estimate of drug-likeness (QED) is 0.648. The number of amides is 1. The fraction of sp³-hybridized carbons (Fsp3) is 0.235. The Morgan fingerprint density at radius 3 is 2.33 bits per heavy atom. The molecule has 0 bridgehead atoms. The van der Waals surface area contributed by atoms with Gasteiger partial charge in [-0.1, -0.05) is 11.6 Å². The van der Waals surface area contributed by atoms with Gasteiger partial charge >= 0.3 is 0 Å². The molecule has 1 amide bonds. The van der Waals surface area contributed by atoms with Gasteiger partial charge in [0.05, 0.1) is 4.92 Å². The summed E-state index contributed by atoms with van der Waals surface area (Å²) >= 11 is 6.09. The lowest BCUT2D eigenvalue weighted by Gasteiger charge is -2.11. The SMILES string of the molecule is Cc1cc([N+](=O)[O-])ccc1NC(=O)COc1cc(C)c(Cl)c(C)c1. The van der Waals surface area contributed by atoms with Gasteiger partial charge in [0, 0.05) is 22.8 Å². The summed E-state index contributed by atoms with van der Waals surface area (Å²) in [4.78, 5) is 22.2. The summed E-state index contributed by atoms with van der Waals surface area (Å²) in [5, 5.41) is 14.1. The number of ether oxygens (including phenoxy) is 1. The monoisotopic (exact) mass is 348 g/mol. The Labute approximate surface area is 144 Å². The molecular formula is C17H17ClN2O4. The van der Waals surface area contributed by atoms with Crippen LogP contribution in [0.3, 0.4) is 0 Å². The molecule has 0 radical (unpaired) electrons. The highest BCUT2D eigenvalue weighted by atomic mass is 35.5. The molecule has 0 atom stereocenters. The first-order valence-electron chi connectivity index (χ1n) is 7.22. The van der Waals surface area contributed by atoms with E-state index in [1.807, 2.05) is 13.8 Å². The average molecular weight is 349 g/mol. The molecule has 0 aromatic heterocycles. The van der Waals surface area contributed by atoms with Crippen molar-refractivity contribution in [3.05, 3.63) is 62.2 Å². The number of halogens is 1. The molecule has 2 rings (SSSR count). The van der Waals surface area contributed by atoms with Crippen LogP contribution in [0.4, 0.5) is 11.4 Å². The van der Waals surface area contributed by atoms with E-state index in [1.54, 1.807) is 19.1 Å². The molecule has 0 aliphatic heterocycles. The summed E-state index contributed by atoms with van der Waals surface area (Å²) in [6, 6.07) is 7.78. The Hall–Kier alpha value is -2.60. The Balaban J connectivity index is 2.00. The van der Waals surface area contributed by atoms with Crippen molar-refractivity contribution < 1.29 is 14.5 Å². The maximum Gasteiger partial charge on any atom is 0.269 e. The highest BCUT2D eigenvalue weighted by molar-refractivity contribution is 6.32. The van der Waals surface area contributed by atoms with E-state index in [0.29, 0.717) is 22.0 Å². The van der Waals surface area contributed by atoms with Gasteiger partial charge in [-0.3, -0.25) is 14.9 Å². The summed E-state index contributed by atoms with van der Waals surface area (Å²) in [5.41, 5.74) is 2.85. The number of carbonyl (C=O) groups is 1. The molecule has 0 aliphatic carbocycles. The van der Waals surface area contributed by atoms with E-state index < -0.39 is 4.92 Å². The number of nitrogens with zero attached hydrogens (tertiary/aromatic N) is 1. The zero-order valence-corrected chi connectivity index (χ0v) is 14.3. The Kier molecular flexibility index (Phi) is 5.41. The molecule has 0 fully saturated rings. The third-order valence-corrected chi connectivity index (χ3v) is 4.07. The topological polar surface area (TPSA) is 81.5 Å². The molecule has 2 aromatic carbocycles. The van der Waals surface area contributed by atoms with Crippen molar-refractivity contribution in [1.29, 1.82) is 0 Å². The lowest BCUT2D eigenvalue weighted by molar-refractivity contribution is -0.384. The van der Waals surface area contributed by atoms with E-state index in [2.05, 4.69) is 5.32 Å². The maximum absolute atomic E-state index is 12.0. The number of non-ortho nitro benzene ring substituents is 1. The van der Waals surface area contributed by atoms with Gasteiger partial charge in [-0.2, -0.15) is 0 Å². The molecule has 7 heteroatoms. The van der Waals surface area contributed by atoms with Crippen molar-refractivity contribution in [3.63, 3.8) is 0 Å². The van der Waals surface area contributed by atoms with Crippen LogP contribution in [0.15, 0.2) is 30.3 Å². The summed E-state index contributed by atoms with van der Waals surface area (Å²) in [5.74, 6) is 0.210. The number of rotatable bonds is 5. The van der Waals surface area contributed by atoms with Gasteiger partial charge in [-0.25, -0.2) is 0 Å². The molecule has 0 aliphatic rings. The summed E-state index contributed by atoms with van der Waals surface area (Å²) in [6.07, 6.45) is 0. The molecular weight excluding hydrogens is 332 g/mol. The van der Waals surface area contributed by atoms with Gasteiger partial charge in [-0.05, 0) is 55.7 Å². The van der Waals surface area contributed by atoms with Gasteiger partial charge in [-0.15, -0.1) is 0 Å². The standard InChI is InChI=1S/C17H17ClN2O4/c1-10-6-13(20(22)23)4-5-15(10)19-16(21)9-24-14-7-11(2)17(18)12(3)8-14/h4-8H,9H2,1-3H3,(H,19,21). The van der Waals surface area contributed by atoms with Gasteiger partial charge in [0.25, 0.3) is 11.6 Å². The lowest BCUT2D eigenvalue weighted by atomic mass is 10.1. The second-order valence-electron chi connectivity index (χ2n) is 5.46. The summed E-state index contributed by atoms with van der Waals surface area (Å²) in [7, 11) is 0. The van der Waals surface area contributed by atoms with E-state index in [-0.39, 0.29) is 18.2 Å². The number of nitro benzene ring substituents is 1. The van der Waals surface area contributed by atoms with Crippen LogP contribution in [0.2, 0.25) is 5.02 Å². The molecule has 126 valence electrons. The number of hydrogen-bond acceptors (Lipinski definition) is 4. The van der Waals surface area contributed by atoms with Crippen molar-refractivity contribution in [1.82, 2.24) is 0 Å². The van der Waals surface area contributed by atoms with Crippen LogP contribution in [-0.4, -0.2) is 17.4 Å². The minimum atomic E-state index is -0.479. The minimum Gasteiger partial charge on any atom is -0.484 e. The van der Waals surface area contributed by atoms with Gasteiger partial charge in [0.2, 0.25) is 0 Å². The van der Waals surface area contributed by atoms with Crippen LogP contribution in [0.25, 0.3) is 0 Å². The maximum atomic E-state index is 12.0. The zero-order chi connectivity index (χ0) is 17.9. The number of anilines is 1. The molecule has 24 heavy (non-hydrogen) atoms. The third-order valence-electron chi connectivity index (χ3n) is 3.47. The van der Waals surface area contributed by atoms with E-state index in [9.17, 15) is 14.9 Å². The zero-order valence-electron chi connectivity index (χ0n) is 13.6. The fourth-order valence-corrected chi connectivity index (χ4v) is 2.34. The van der Waals surface area contributed by atoms with Crippen LogP contribution in [0.1, 0.15) is 16.7 Å². The van der Waals surface area contributed by atoms with Crippen LogP contribution in [0, 0.1) is 30.9 Å². The van der Waals surface area contributed by atoms with Crippen molar-refractivity contribution >= 4 is 28.9 Å². The number of nitro groups is 1. The second-order valence-corrected chi connectivity index (χ2v) is 5.84. The molecule has 0 heterocycles. The number of benzene rings is 2. The Bertz CT molecular complexity index is 782. The van der Waals surface area contributed by atoms with Crippen LogP contribution in [0.5, 0.6) is 5.75 Å². The van der Waals surface area contributed by atoms with Crippen molar-refractivity contribution in [2.24, 2.45) is 0 Å². The Morgan fingerprint density at radius 1 is 1.17 bits per heavy atom. The van der Waals surface area contributed by atoms with Gasteiger partial charge in [0.15, 0.2) is 6.61 Å². The van der Waals surface area contributed by atoms with Crippen molar-refractivity contribution in [2.75, 3.05) is 11.9 Å². The van der Waals surface area contributed by atoms with E-state index in [0.717, 1.165) is 11.1 Å².